The van der Waals surface area contributed by atoms with Crippen LogP contribution >= 0.6 is 0 Å². The van der Waals surface area contributed by atoms with Gasteiger partial charge < -0.3 is 62.6 Å². The van der Waals surface area contributed by atoms with Gasteiger partial charge in [0.25, 0.3) is 11.8 Å². The number of urea groups is 2. The molecule has 10 N–H and O–H groups in total. The van der Waals surface area contributed by atoms with Gasteiger partial charge >= 0.3 is 30.2 Å². The standard InChI is InChI=1S/C31H48F3N5O7.C31H49N5O7/c1-28(2,3)21(37-27(45)38-22(29(4,5)6)26(44)46-14-15-9-10-15)25(43)39-13-16-18(30(16,7)8)19(39)24(42)36-17(20(40)23(35)41)11-12-31(32,33)34;1-15(2)43-28(41)21(17-9-8-10-17)34-29(42)35-24(30(3,4)5)27(40)36-14-18-20(31(18,6)7)22(36)26(39)33-19(13-16-11-12-16)23(37)25(32)38/h15-19,21-22H,9-14H2,1-8H3,(H2,35,41)(H,36,42)(H2,37,38,45);15-22,24H,8-14H2,1-7H3,(H2,32,38)(H,33,39)(H2,34,35,42)/t16-,17?,18-,19-,21+,22+;18-,19?,20-,21-,22-,24+/m00/s1. The van der Waals surface area contributed by atoms with Crippen LogP contribution in [-0.2, 0) is 57.4 Å². The molecule has 2 aliphatic heterocycles. The molecule has 7 fully saturated rings. The number of esters is 2. The summed E-state index contributed by atoms with van der Waals surface area (Å²) in [6, 6.07) is -10.4. The first-order chi connectivity index (χ1) is 40.8. The average molecular weight is 1260 g/mol. The van der Waals surface area contributed by atoms with Gasteiger partial charge in [-0.1, -0.05) is 109 Å². The molecule has 0 aromatic heterocycles. The van der Waals surface area contributed by atoms with Crippen LogP contribution in [0.15, 0.2) is 0 Å². The van der Waals surface area contributed by atoms with Crippen molar-refractivity contribution < 1.29 is 80.2 Å². The molecule has 2 heterocycles. The SMILES string of the molecule is CC(C)(C)[C@H](NC(=O)N[C@H](C(=O)N1C[C@H]2[C@@H]([C@H]1C(=O)NC(CCC(F)(F)F)C(=O)C(N)=O)C2(C)C)C(C)(C)C)C(=O)OCC1CC1.CC(C)OC(=O)[C@@H](NC(=O)N[C@H](C(=O)N1C[C@H]2[C@@H]([C@H]1C(=O)NC(CC1CC1)C(=O)C(N)=O)C2(C)C)C(C)(C)C)C1CCC1. The number of amides is 10. The number of ether oxygens (including phenoxy) is 2. The Hall–Kier alpha value is -6.57. The number of hydrogen-bond acceptors (Lipinski definition) is 14. The fraction of sp³-hybridized carbons (Fsp3) is 0.806. The molecule has 5 aliphatic carbocycles. The number of alkyl halides is 3. The van der Waals surface area contributed by atoms with E-state index in [1.54, 1.807) is 55.4 Å². The van der Waals surface area contributed by atoms with Crippen molar-refractivity contribution >= 4 is 71.0 Å². The third-order valence-electron chi connectivity index (χ3n) is 19.1. The van der Waals surface area contributed by atoms with Gasteiger partial charge in [-0.15, -0.1) is 0 Å². The summed E-state index contributed by atoms with van der Waals surface area (Å²) in [7, 11) is 0. The highest BCUT2D eigenvalue weighted by molar-refractivity contribution is 6.38. The number of ketones is 2. The molecule has 10 amide bonds. The van der Waals surface area contributed by atoms with Gasteiger partial charge in [0, 0.05) is 19.5 Å². The van der Waals surface area contributed by atoms with E-state index < -0.39 is 160 Å². The van der Waals surface area contributed by atoms with Gasteiger partial charge in [-0.25, -0.2) is 19.2 Å². The second-order valence-corrected chi connectivity index (χ2v) is 30.6. The first-order valence-electron chi connectivity index (χ1n) is 31.3. The Morgan fingerprint density at radius 2 is 0.955 bits per heavy atom. The number of halogens is 3. The molecule has 27 heteroatoms. The smallest absolute Gasteiger partial charge is 0.389 e. The van der Waals surface area contributed by atoms with Crippen molar-refractivity contribution in [2.24, 2.45) is 80.0 Å². The molecule has 7 rings (SSSR count). The molecule has 5 saturated carbocycles. The summed E-state index contributed by atoms with van der Waals surface area (Å²) in [5.74, 6) is -8.40. The molecule has 0 aromatic carbocycles. The Balaban J connectivity index is 0.000000284. The summed E-state index contributed by atoms with van der Waals surface area (Å²) in [4.78, 5) is 159. The number of primary amides is 2. The summed E-state index contributed by atoms with van der Waals surface area (Å²) < 4.78 is 49.7. The van der Waals surface area contributed by atoms with Crippen LogP contribution in [0.25, 0.3) is 0 Å². The van der Waals surface area contributed by atoms with E-state index in [2.05, 4.69) is 31.9 Å². The lowest BCUT2D eigenvalue weighted by atomic mass is 9.79. The molecule has 500 valence electrons. The number of likely N-dealkylation sites (tertiary alicyclic amines) is 2. The van der Waals surface area contributed by atoms with Crippen molar-refractivity contribution in [2.45, 2.75) is 229 Å². The summed E-state index contributed by atoms with van der Waals surface area (Å²) in [6.07, 6.45) is -0.676. The molecule has 2 unspecified atom stereocenters. The second-order valence-electron chi connectivity index (χ2n) is 30.6. The van der Waals surface area contributed by atoms with Crippen molar-refractivity contribution in [3.63, 3.8) is 0 Å². The number of nitrogens with one attached hydrogen (secondary N) is 6. The predicted octanol–water partition coefficient (Wildman–Crippen LogP) is 4.08. The Morgan fingerprint density at radius 3 is 1.33 bits per heavy atom. The normalized spacial score (nSPS) is 25.2. The van der Waals surface area contributed by atoms with Gasteiger partial charge in [0.15, 0.2) is 0 Å². The molecule has 2 saturated heterocycles. The van der Waals surface area contributed by atoms with Crippen LogP contribution in [0.5, 0.6) is 0 Å². The number of hydrogen-bond donors (Lipinski definition) is 8. The van der Waals surface area contributed by atoms with E-state index in [0.717, 1.165) is 44.9 Å². The fourth-order valence-corrected chi connectivity index (χ4v) is 12.9. The van der Waals surface area contributed by atoms with E-state index in [4.69, 9.17) is 20.9 Å². The Labute approximate surface area is 519 Å². The highest BCUT2D eigenvalue weighted by Gasteiger charge is 2.71. The Morgan fingerprint density at radius 1 is 0.551 bits per heavy atom. The minimum Gasteiger partial charge on any atom is -0.464 e. The summed E-state index contributed by atoms with van der Waals surface area (Å²) in [6.45, 7) is 27.9. The van der Waals surface area contributed by atoms with Crippen LogP contribution in [0.4, 0.5) is 22.8 Å². The first kappa shape index (κ1) is 71.5. The average Bonchev–Trinajstić information content (AvgIpc) is 1.54. The molecular weight excluding hydrogens is 1170 g/mol. The molecule has 7 aliphatic rings. The Bertz CT molecular complexity index is 2760. The number of piperidine rings is 2. The lowest BCUT2D eigenvalue weighted by molar-refractivity contribution is -0.152. The van der Waals surface area contributed by atoms with Gasteiger partial charge in [0.1, 0.15) is 36.3 Å². The van der Waals surface area contributed by atoms with Crippen LogP contribution in [0.1, 0.15) is 168 Å². The van der Waals surface area contributed by atoms with Gasteiger partial charge in [0.2, 0.25) is 35.2 Å². The van der Waals surface area contributed by atoms with Gasteiger partial charge in [-0.3, -0.25) is 38.4 Å². The molecule has 12 atom stereocenters. The minimum absolute atomic E-state index is 0.0338. The van der Waals surface area contributed by atoms with E-state index in [1.807, 2.05) is 48.5 Å². The number of carbonyl (C=O) groups is 12. The van der Waals surface area contributed by atoms with E-state index in [0.29, 0.717) is 18.9 Å². The zero-order valence-electron chi connectivity index (χ0n) is 54.3. The van der Waals surface area contributed by atoms with E-state index >= 15 is 0 Å². The molecule has 0 bridgehead atoms. The molecule has 0 aromatic rings. The highest BCUT2D eigenvalue weighted by atomic mass is 19.4. The van der Waals surface area contributed by atoms with Crippen LogP contribution < -0.4 is 43.4 Å². The molecule has 89 heavy (non-hydrogen) atoms. The third kappa shape index (κ3) is 17.7. The van der Waals surface area contributed by atoms with Gasteiger partial charge in [-0.2, -0.15) is 13.2 Å². The molecule has 0 spiro atoms. The molecule has 24 nitrogen and oxygen atoms in total. The lowest BCUT2D eigenvalue weighted by Gasteiger charge is -2.38. The number of carbonyl (C=O) groups excluding carboxylic acids is 12. The van der Waals surface area contributed by atoms with Gasteiger partial charge in [0.05, 0.1) is 24.8 Å². The van der Waals surface area contributed by atoms with Crippen molar-refractivity contribution in [3.05, 3.63) is 0 Å². The quantitative estimate of drug-likeness (QED) is 0.0499. The Kier molecular flexibility index (Phi) is 21.5. The maximum absolute atomic E-state index is 14.2. The van der Waals surface area contributed by atoms with E-state index in [9.17, 15) is 70.7 Å². The summed E-state index contributed by atoms with van der Waals surface area (Å²) in [5, 5.41) is 15.9. The van der Waals surface area contributed by atoms with Crippen LogP contribution in [0, 0.1) is 68.5 Å². The maximum Gasteiger partial charge on any atom is 0.389 e. The number of Topliss-reactive ketones (excluding diaryl/α,β-unsaturated/α-hetero) is 2. The van der Waals surface area contributed by atoms with Crippen molar-refractivity contribution in [1.82, 2.24) is 41.7 Å². The van der Waals surface area contributed by atoms with E-state index in [-0.39, 0.29) is 60.2 Å². The van der Waals surface area contributed by atoms with Crippen molar-refractivity contribution in [3.8, 4) is 0 Å². The van der Waals surface area contributed by atoms with Crippen molar-refractivity contribution in [1.29, 1.82) is 0 Å². The zero-order chi connectivity index (χ0) is 67.2. The number of rotatable bonds is 24. The minimum atomic E-state index is -4.66. The molecule has 0 radical (unpaired) electrons. The van der Waals surface area contributed by atoms with Crippen molar-refractivity contribution in [2.75, 3.05) is 19.7 Å². The predicted molar refractivity (Wildman–Crippen MR) is 317 cm³/mol. The van der Waals surface area contributed by atoms with Crippen LogP contribution in [-0.4, -0.2) is 161 Å². The number of nitrogens with two attached hydrogens (primary N) is 2. The topological polar surface area (TPSA) is 354 Å². The van der Waals surface area contributed by atoms with Gasteiger partial charge in [-0.05, 0) is 121 Å². The van der Waals surface area contributed by atoms with Crippen LogP contribution in [0.3, 0.4) is 0 Å². The molecular formula is C62H97F3N10O14. The zero-order valence-corrected chi connectivity index (χ0v) is 54.3. The largest absolute Gasteiger partial charge is 0.464 e. The maximum atomic E-state index is 14.2. The lowest BCUT2D eigenvalue weighted by Crippen LogP contribution is -2.62. The first-order valence-corrected chi connectivity index (χ1v) is 31.3. The monoisotopic (exact) mass is 1260 g/mol. The van der Waals surface area contributed by atoms with E-state index in [1.165, 1.54) is 9.80 Å². The number of fused-ring (bicyclic) bond motifs is 2. The van der Waals surface area contributed by atoms with Crippen LogP contribution in [0.2, 0.25) is 0 Å². The summed E-state index contributed by atoms with van der Waals surface area (Å²) in [5.41, 5.74) is 7.39. The summed E-state index contributed by atoms with van der Waals surface area (Å²) >= 11 is 0. The fourth-order valence-electron chi connectivity index (χ4n) is 12.9. The second kappa shape index (κ2) is 26.7. The third-order valence-corrected chi connectivity index (χ3v) is 19.1. The highest BCUT2D eigenvalue weighted by Crippen LogP contribution is 2.66. The number of nitrogens with zero attached hydrogens (tertiary/aromatic N) is 2.